The molecular formula is C17H29NO2. The highest BCUT2D eigenvalue weighted by Gasteiger charge is 2.20. The molecule has 20 heavy (non-hydrogen) atoms. The van der Waals surface area contributed by atoms with Gasteiger partial charge in [0.05, 0.1) is 13.7 Å². The predicted octanol–water partition coefficient (Wildman–Crippen LogP) is 3.45. The van der Waals surface area contributed by atoms with Gasteiger partial charge in [-0.1, -0.05) is 38.8 Å². The van der Waals surface area contributed by atoms with Gasteiger partial charge in [-0.25, -0.2) is 0 Å². The smallest absolute Gasteiger partial charge is 0.119 e. The van der Waals surface area contributed by atoms with Crippen molar-refractivity contribution in [2.75, 3.05) is 33.9 Å². The van der Waals surface area contributed by atoms with Crippen LogP contribution in [0.25, 0.3) is 0 Å². The second-order valence-corrected chi connectivity index (χ2v) is 5.16. The van der Waals surface area contributed by atoms with E-state index in [9.17, 15) is 0 Å². The van der Waals surface area contributed by atoms with Crippen molar-refractivity contribution in [1.29, 1.82) is 0 Å². The minimum absolute atomic E-state index is 0.525. The van der Waals surface area contributed by atoms with E-state index >= 15 is 0 Å². The number of methoxy groups -OCH3 is 2. The molecule has 3 heteroatoms. The van der Waals surface area contributed by atoms with Gasteiger partial charge in [-0.15, -0.1) is 0 Å². The Hall–Kier alpha value is -1.06. The van der Waals surface area contributed by atoms with Gasteiger partial charge in [0, 0.05) is 20.2 Å². The van der Waals surface area contributed by atoms with Gasteiger partial charge >= 0.3 is 0 Å². The van der Waals surface area contributed by atoms with Crippen LogP contribution in [0.5, 0.6) is 5.75 Å². The molecule has 0 aromatic heterocycles. The molecule has 0 radical (unpaired) electrons. The van der Waals surface area contributed by atoms with Crippen LogP contribution in [-0.4, -0.2) is 33.9 Å². The molecule has 3 nitrogen and oxygen atoms in total. The second-order valence-electron chi connectivity index (χ2n) is 5.16. The van der Waals surface area contributed by atoms with Gasteiger partial charge < -0.3 is 14.8 Å². The third-order valence-electron chi connectivity index (χ3n) is 3.99. The van der Waals surface area contributed by atoms with Crippen LogP contribution >= 0.6 is 0 Å². The zero-order valence-electron chi connectivity index (χ0n) is 13.3. The van der Waals surface area contributed by atoms with Crippen LogP contribution in [0.3, 0.4) is 0 Å². The van der Waals surface area contributed by atoms with Gasteiger partial charge in [-0.05, 0) is 29.5 Å². The Balaban J connectivity index is 2.79. The Morgan fingerprint density at radius 3 is 2.50 bits per heavy atom. The van der Waals surface area contributed by atoms with E-state index in [0.29, 0.717) is 11.8 Å². The van der Waals surface area contributed by atoms with Crippen LogP contribution in [0.1, 0.15) is 38.2 Å². The molecule has 0 aliphatic rings. The lowest BCUT2D eigenvalue weighted by atomic mass is 9.82. The van der Waals surface area contributed by atoms with E-state index in [4.69, 9.17) is 9.47 Å². The maximum absolute atomic E-state index is 5.35. The molecule has 1 N–H and O–H groups in total. The molecule has 0 saturated carbocycles. The summed E-state index contributed by atoms with van der Waals surface area (Å²) in [6.07, 6.45) is 2.40. The predicted molar refractivity (Wildman–Crippen MR) is 84.6 cm³/mol. The maximum Gasteiger partial charge on any atom is 0.119 e. The van der Waals surface area contributed by atoms with Crippen molar-refractivity contribution in [1.82, 2.24) is 5.32 Å². The summed E-state index contributed by atoms with van der Waals surface area (Å²) in [4.78, 5) is 0. The fourth-order valence-corrected chi connectivity index (χ4v) is 2.72. The van der Waals surface area contributed by atoms with Gasteiger partial charge in [0.1, 0.15) is 5.75 Å². The molecule has 0 aliphatic heterocycles. The van der Waals surface area contributed by atoms with Crippen LogP contribution in [-0.2, 0) is 4.74 Å². The summed E-state index contributed by atoms with van der Waals surface area (Å²) >= 11 is 0. The van der Waals surface area contributed by atoms with Crippen molar-refractivity contribution in [2.24, 2.45) is 5.92 Å². The summed E-state index contributed by atoms with van der Waals surface area (Å²) in [5.74, 6) is 2.16. The summed E-state index contributed by atoms with van der Waals surface area (Å²) in [6, 6.07) is 8.47. The molecule has 0 heterocycles. The topological polar surface area (TPSA) is 30.5 Å². The monoisotopic (exact) mass is 279 g/mol. The third-order valence-corrected chi connectivity index (χ3v) is 3.99. The first kappa shape index (κ1) is 17.0. The van der Waals surface area contributed by atoms with Crippen LogP contribution < -0.4 is 10.1 Å². The molecule has 114 valence electrons. The summed E-state index contributed by atoms with van der Waals surface area (Å²) in [7, 11) is 3.46. The molecule has 0 spiro atoms. The highest BCUT2D eigenvalue weighted by atomic mass is 16.5. The zero-order valence-corrected chi connectivity index (χ0v) is 13.3. The first-order chi connectivity index (χ1) is 9.76. The quantitative estimate of drug-likeness (QED) is 0.665. The molecule has 0 saturated heterocycles. The fraction of sp³-hybridized carbons (Fsp3) is 0.647. The Morgan fingerprint density at radius 1 is 1.15 bits per heavy atom. The molecule has 1 aromatic carbocycles. The average molecular weight is 279 g/mol. The van der Waals surface area contributed by atoms with E-state index in [-0.39, 0.29) is 0 Å². The summed E-state index contributed by atoms with van der Waals surface area (Å²) < 4.78 is 10.5. The average Bonchev–Trinajstić information content (AvgIpc) is 2.50. The van der Waals surface area contributed by atoms with E-state index < -0.39 is 0 Å². The van der Waals surface area contributed by atoms with Crippen molar-refractivity contribution in [3.05, 3.63) is 29.8 Å². The Kier molecular flexibility index (Phi) is 8.31. The van der Waals surface area contributed by atoms with Gasteiger partial charge in [0.25, 0.3) is 0 Å². The second kappa shape index (κ2) is 9.78. The third kappa shape index (κ3) is 5.14. The van der Waals surface area contributed by atoms with Crippen LogP contribution in [0, 0.1) is 5.92 Å². The van der Waals surface area contributed by atoms with Crippen LogP contribution in [0.4, 0.5) is 0 Å². The molecule has 1 atom stereocenters. The van der Waals surface area contributed by atoms with E-state index in [2.05, 4.69) is 37.4 Å². The van der Waals surface area contributed by atoms with Gasteiger partial charge in [-0.3, -0.25) is 0 Å². The highest BCUT2D eigenvalue weighted by Crippen LogP contribution is 2.31. The molecule has 1 unspecified atom stereocenters. The summed E-state index contributed by atoms with van der Waals surface area (Å²) in [5, 5.41) is 3.51. The molecule has 0 bridgehead atoms. The highest BCUT2D eigenvalue weighted by molar-refractivity contribution is 5.31. The Bertz CT molecular complexity index is 364. The lowest BCUT2D eigenvalue weighted by Gasteiger charge is -2.26. The van der Waals surface area contributed by atoms with Crippen molar-refractivity contribution in [3.63, 3.8) is 0 Å². The minimum atomic E-state index is 0.525. The Morgan fingerprint density at radius 2 is 1.90 bits per heavy atom. The SMILES string of the molecule is CCC(CC)C(CNCCOC)c1cccc(OC)c1. The fourth-order valence-electron chi connectivity index (χ4n) is 2.72. The molecular weight excluding hydrogens is 250 g/mol. The minimum Gasteiger partial charge on any atom is -0.497 e. The van der Waals surface area contributed by atoms with Gasteiger partial charge in [0.15, 0.2) is 0 Å². The lowest BCUT2D eigenvalue weighted by Crippen LogP contribution is -2.28. The van der Waals surface area contributed by atoms with Gasteiger partial charge in [0.2, 0.25) is 0 Å². The number of nitrogens with one attached hydrogen (secondary N) is 1. The van der Waals surface area contributed by atoms with Crippen molar-refractivity contribution in [2.45, 2.75) is 32.6 Å². The summed E-state index contributed by atoms with van der Waals surface area (Å²) in [6.45, 7) is 7.20. The van der Waals surface area contributed by atoms with Crippen molar-refractivity contribution in [3.8, 4) is 5.75 Å². The first-order valence-electron chi connectivity index (χ1n) is 7.60. The summed E-state index contributed by atoms with van der Waals surface area (Å²) in [5.41, 5.74) is 1.36. The van der Waals surface area contributed by atoms with Crippen LogP contribution in [0.15, 0.2) is 24.3 Å². The number of benzene rings is 1. The number of rotatable bonds is 10. The van der Waals surface area contributed by atoms with Gasteiger partial charge in [-0.2, -0.15) is 0 Å². The normalized spacial score (nSPS) is 12.7. The first-order valence-corrected chi connectivity index (χ1v) is 7.60. The standard InChI is InChI=1S/C17H29NO2/c1-5-14(6-2)17(13-18-10-11-19-3)15-8-7-9-16(12-15)20-4/h7-9,12,14,17-18H,5-6,10-11,13H2,1-4H3. The van der Waals surface area contributed by atoms with E-state index in [1.807, 2.05) is 6.07 Å². The maximum atomic E-state index is 5.35. The molecule has 1 rings (SSSR count). The largest absolute Gasteiger partial charge is 0.497 e. The molecule has 0 fully saturated rings. The lowest BCUT2D eigenvalue weighted by molar-refractivity contribution is 0.197. The van der Waals surface area contributed by atoms with Crippen LogP contribution in [0.2, 0.25) is 0 Å². The van der Waals surface area contributed by atoms with E-state index in [1.54, 1.807) is 14.2 Å². The number of hydrogen-bond acceptors (Lipinski definition) is 3. The Labute approximate surface area is 123 Å². The van der Waals surface area contributed by atoms with E-state index in [1.165, 1.54) is 18.4 Å². The van der Waals surface area contributed by atoms with E-state index in [0.717, 1.165) is 25.4 Å². The zero-order chi connectivity index (χ0) is 14.8. The number of hydrogen-bond donors (Lipinski definition) is 1. The molecule has 0 aliphatic carbocycles. The molecule has 0 amide bonds. The van der Waals surface area contributed by atoms with Crippen molar-refractivity contribution >= 4 is 0 Å². The number of ether oxygens (including phenoxy) is 2. The van der Waals surface area contributed by atoms with Crippen molar-refractivity contribution < 1.29 is 9.47 Å². The molecule has 1 aromatic rings.